The summed E-state index contributed by atoms with van der Waals surface area (Å²) in [5.74, 6) is 0.555. The van der Waals surface area contributed by atoms with Crippen LogP contribution in [0.3, 0.4) is 0 Å². The molecule has 60 valence electrons. The van der Waals surface area contributed by atoms with E-state index in [0.717, 1.165) is 6.54 Å². The van der Waals surface area contributed by atoms with Crippen LogP contribution >= 0.6 is 0 Å². The molecule has 1 heterocycles. The van der Waals surface area contributed by atoms with Crippen molar-refractivity contribution in [1.82, 2.24) is 10.9 Å². The molecule has 0 saturated carbocycles. The molecule has 1 aliphatic heterocycles. The van der Waals surface area contributed by atoms with Crippen LogP contribution < -0.4 is 10.9 Å². The summed E-state index contributed by atoms with van der Waals surface area (Å²) in [6.07, 6.45) is 11.0. The average Bonchev–Trinajstić information content (AvgIpc) is 2.64. The zero-order chi connectivity index (χ0) is 7.97. The van der Waals surface area contributed by atoms with Crippen molar-refractivity contribution in [1.29, 1.82) is 0 Å². The van der Waals surface area contributed by atoms with E-state index in [9.17, 15) is 0 Å². The lowest BCUT2D eigenvalue weighted by atomic mass is 9.93. The van der Waals surface area contributed by atoms with Crippen LogP contribution in [0.1, 0.15) is 0 Å². The Kier molecular flexibility index (Phi) is 1.10. The number of nitrogens with one attached hydrogen (secondary N) is 2. The molecule has 12 heavy (non-hydrogen) atoms. The Morgan fingerprint density at radius 3 is 3.33 bits per heavy atom. The molecule has 0 bridgehead atoms. The summed E-state index contributed by atoms with van der Waals surface area (Å²) in [5, 5.41) is 0. The average molecular weight is 158 g/mol. The molecule has 3 aliphatic rings. The van der Waals surface area contributed by atoms with Crippen molar-refractivity contribution in [2.75, 3.05) is 6.54 Å². The van der Waals surface area contributed by atoms with Crippen molar-refractivity contribution in [3.05, 3.63) is 47.2 Å². The zero-order valence-electron chi connectivity index (χ0n) is 6.67. The quantitative estimate of drug-likeness (QED) is 0.550. The van der Waals surface area contributed by atoms with Crippen LogP contribution in [-0.4, -0.2) is 6.54 Å². The van der Waals surface area contributed by atoms with Crippen molar-refractivity contribution in [2.45, 2.75) is 0 Å². The molecule has 0 aromatic carbocycles. The van der Waals surface area contributed by atoms with Gasteiger partial charge in [-0.2, -0.15) is 0 Å². The van der Waals surface area contributed by atoms with Gasteiger partial charge in [-0.25, -0.2) is 5.43 Å². The van der Waals surface area contributed by atoms with Crippen molar-refractivity contribution in [2.24, 2.45) is 5.92 Å². The lowest BCUT2D eigenvalue weighted by Gasteiger charge is -2.13. The van der Waals surface area contributed by atoms with E-state index in [1.165, 1.54) is 16.8 Å². The van der Waals surface area contributed by atoms with Gasteiger partial charge in [-0.05, 0) is 17.2 Å². The largest absolute Gasteiger partial charge is 0.325 e. The second-order valence-corrected chi connectivity index (χ2v) is 3.32. The van der Waals surface area contributed by atoms with Gasteiger partial charge >= 0.3 is 0 Å². The van der Waals surface area contributed by atoms with E-state index in [4.69, 9.17) is 0 Å². The third kappa shape index (κ3) is 0.728. The SMILES string of the molecule is C1=CC2=CC3CNNC3=CC2=C1. The Labute approximate surface area is 71.3 Å². The van der Waals surface area contributed by atoms with E-state index >= 15 is 0 Å². The molecule has 2 nitrogen and oxygen atoms in total. The van der Waals surface area contributed by atoms with Crippen LogP contribution in [0.5, 0.6) is 0 Å². The van der Waals surface area contributed by atoms with Crippen LogP contribution in [-0.2, 0) is 0 Å². The number of hydrogen-bond acceptors (Lipinski definition) is 2. The molecule has 1 saturated heterocycles. The standard InChI is InChI=1S/C10H10N2/c1-2-7-4-9-6-11-12-10(9)5-8(7)3-1/h1-5,9,11-12H,6H2. The van der Waals surface area contributed by atoms with Crippen LogP contribution in [0.15, 0.2) is 47.2 Å². The van der Waals surface area contributed by atoms with E-state index in [-0.39, 0.29) is 0 Å². The minimum atomic E-state index is 0.555. The molecule has 1 fully saturated rings. The number of hydrazine groups is 1. The Bertz CT molecular complexity index is 345. The topological polar surface area (TPSA) is 24.1 Å². The monoisotopic (exact) mass is 158 g/mol. The minimum Gasteiger partial charge on any atom is -0.325 e. The molecule has 1 atom stereocenters. The van der Waals surface area contributed by atoms with Crippen LogP contribution in [0.4, 0.5) is 0 Å². The molecule has 2 N–H and O–H groups in total. The summed E-state index contributed by atoms with van der Waals surface area (Å²) in [4.78, 5) is 0. The van der Waals surface area contributed by atoms with Gasteiger partial charge in [0, 0.05) is 18.2 Å². The molecule has 0 aromatic heterocycles. The minimum absolute atomic E-state index is 0.555. The van der Waals surface area contributed by atoms with Gasteiger partial charge < -0.3 is 5.43 Å². The zero-order valence-corrected chi connectivity index (χ0v) is 6.67. The highest BCUT2D eigenvalue weighted by atomic mass is 15.4. The second-order valence-electron chi connectivity index (χ2n) is 3.32. The van der Waals surface area contributed by atoms with Gasteiger partial charge in [0.15, 0.2) is 0 Å². The molecule has 2 aliphatic carbocycles. The number of allylic oxidation sites excluding steroid dienone is 6. The normalized spacial score (nSPS) is 30.0. The molecule has 0 spiro atoms. The molecule has 0 aromatic rings. The Hall–Kier alpha value is -1.28. The predicted molar refractivity (Wildman–Crippen MR) is 48.0 cm³/mol. The Morgan fingerprint density at radius 2 is 2.33 bits per heavy atom. The van der Waals surface area contributed by atoms with Gasteiger partial charge in [-0.1, -0.05) is 24.3 Å². The summed E-state index contributed by atoms with van der Waals surface area (Å²) in [6, 6.07) is 0. The fraction of sp³-hybridized carbons (Fsp3) is 0.200. The lowest BCUT2D eigenvalue weighted by Crippen LogP contribution is -2.20. The van der Waals surface area contributed by atoms with Gasteiger partial charge in [-0.15, -0.1) is 0 Å². The highest BCUT2D eigenvalue weighted by molar-refractivity contribution is 5.58. The van der Waals surface area contributed by atoms with Crippen molar-refractivity contribution >= 4 is 0 Å². The lowest BCUT2D eigenvalue weighted by molar-refractivity contribution is 0.707. The number of fused-ring (bicyclic) bond motifs is 2. The second kappa shape index (κ2) is 2.11. The molecule has 0 radical (unpaired) electrons. The highest BCUT2D eigenvalue weighted by Gasteiger charge is 2.23. The summed E-state index contributed by atoms with van der Waals surface area (Å²) in [6.45, 7) is 1.01. The van der Waals surface area contributed by atoms with Crippen LogP contribution in [0, 0.1) is 5.92 Å². The Balaban J connectivity index is 2.08. The molecular weight excluding hydrogens is 148 g/mol. The van der Waals surface area contributed by atoms with Crippen molar-refractivity contribution in [3.63, 3.8) is 0 Å². The first-order valence-electron chi connectivity index (χ1n) is 4.24. The summed E-state index contributed by atoms with van der Waals surface area (Å²) in [7, 11) is 0. The number of rotatable bonds is 0. The summed E-state index contributed by atoms with van der Waals surface area (Å²) < 4.78 is 0. The maximum atomic E-state index is 3.17. The van der Waals surface area contributed by atoms with Crippen LogP contribution in [0.25, 0.3) is 0 Å². The maximum Gasteiger partial charge on any atom is 0.0350 e. The molecular formula is C10H10N2. The van der Waals surface area contributed by atoms with Crippen molar-refractivity contribution < 1.29 is 0 Å². The predicted octanol–water partition coefficient (Wildman–Crippen LogP) is 1.03. The van der Waals surface area contributed by atoms with E-state index in [0.29, 0.717) is 5.92 Å². The number of hydrogen-bond donors (Lipinski definition) is 2. The first-order chi connectivity index (χ1) is 5.93. The molecule has 2 heteroatoms. The third-order valence-electron chi connectivity index (χ3n) is 2.53. The van der Waals surface area contributed by atoms with E-state index in [1.807, 2.05) is 0 Å². The van der Waals surface area contributed by atoms with E-state index in [1.54, 1.807) is 0 Å². The Morgan fingerprint density at radius 1 is 1.33 bits per heavy atom. The third-order valence-corrected chi connectivity index (χ3v) is 2.53. The maximum absolute atomic E-state index is 3.17. The van der Waals surface area contributed by atoms with Gasteiger partial charge in [0.2, 0.25) is 0 Å². The van der Waals surface area contributed by atoms with Crippen molar-refractivity contribution in [3.8, 4) is 0 Å². The van der Waals surface area contributed by atoms with E-state index in [2.05, 4.69) is 41.2 Å². The first kappa shape index (κ1) is 6.26. The molecule has 1 unspecified atom stereocenters. The van der Waals surface area contributed by atoms with E-state index < -0.39 is 0 Å². The molecule has 3 rings (SSSR count). The fourth-order valence-corrected chi connectivity index (χ4v) is 1.87. The summed E-state index contributed by atoms with van der Waals surface area (Å²) >= 11 is 0. The van der Waals surface area contributed by atoms with Gasteiger partial charge in [0.05, 0.1) is 0 Å². The van der Waals surface area contributed by atoms with Crippen LogP contribution in [0.2, 0.25) is 0 Å². The van der Waals surface area contributed by atoms with Gasteiger partial charge in [0.1, 0.15) is 0 Å². The first-order valence-corrected chi connectivity index (χ1v) is 4.24. The summed E-state index contributed by atoms with van der Waals surface area (Å²) in [5.41, 5.74) is 10.3. The van der Waals surface area contributed by atoms with Gasteiger partial charge in [0.25, 0.3) is 0 Å². The fourth-order valence-electron chi connectivity index (χ4n) is 1.87. The van der Waals surface area contributed by atoms with Gasteiger partial charge in [-0.3, -0.25) is 0 Å². The molecule has 0 amide bonds. The highest BCUT2D eigenvalue weighted by Crippen LogP contribution is 2.30. The smallest absolute Gasteiger partial charge is 0.0350 e.